The molecule has 0 aliphatic carbocycles. The third-order valence-electron chi connectivity index (χ3n) is 4.07. The SMILES string of the molecule is CC(=O)Nc1ccc(C)c(NC(=O)N[C@H]2CCOc3ccccc32)c1. The first kappa shape index (κ1) is 16.8. The molecule has 0 radical (unpaired) electrons. The molecule has 0 saturated carbocycles. The third-order valence-corrected chi connectivity index (χ3v) is 4.07. The van der Waals surface area contributed by atoms with Gasteiger partial charge in [0.15, 0.2) is 0 Å². The predicted molar refractivity (Wildman–Crippen MR) is 96.9 cm³/mol. The van der Waals surface area contributed by atoms with E-state index >= 15 is 0 Å². The van der Waals surface area contributed by atoms with Gasteiger partial charge in [-0.3, -0.25) is 4.79 Å². The van der Waals surface area contributed by atoms with Crippen molar-refractivity contribution in [3.63, 3.8) is 0 Å². The van der Waals surface area contributed by atoms with E-state index < -0.39 is 0 Å². The fourth-order valence-corrected chi connectivity index (χ4v) is 2.85. The first-order valence-corrected chi connectivity index (χ1v) is 8.20. The van der Waals surface area contributed by atoms with Crippen molar-refractivity contribution in [2.45, 2.75) is 26.3 Å². The minimum atomic E-state index is -0.287. The molecule has 1 atom stereocenters. The lowest BCUT2D eigenvalue weighted by Gasteiger charge is -2.26. The number of urea groups is 1. The quantitative estimate of drug-likeness (QED) is 0.799. The molecule has 3 amide bonds. The Morgan fingerprint density at radius 2 is 1.92 bits per heavy atom. The van der Waals surface area contributed by atoms with Gasteiger partial charge in [0.05, 0.1) is 12.6 Å². The number of benzene rings is 2. The van der Waals surface area contributed by atoms with Crippen LogP contribution in [0.4, 0.5) is 16.2 Å². The van der Waals surface area contributed by atoms with E-state index in [1.54, 1.807) is 12.1 Å². The van der Waals surface area contributed by atoms with Crippen molar-refractivity contribution in [1.29, 1.82) is 0 Å². The van der Waals surface area contributed by atoms with Gasteiger partial charge in [0, 0.05) is 30.3 Å². The first-order chi connectivity index (χ1) is 12.0. The van der Waals surface area contributed by atoms with E-state index in [4.69, 9.17) is 4.74 Å². The number of carbonyl (C=O) groups excluding carboxylic acids is 2. The molecule has 1 heterocycles. The van der Waals surface area contributed by atoms with E-state index in [1.807, 2.05) is 37.3 Å². The van der Waals surface area contributed by atoms with Crippen LogP contribution in [0.2, 0.25) is 0 Å². The number of fused-ring (bicyclic) bond motifs is 1. The maximum absolute atomic E-state index is 12.4. The van der Waals surface area contributed by atoms with Crippen LogP contribution >= 0.6 is 0 Å². The summed E-state index contributed by atoms with van der Waals surface area (Å²) in [5, 5.41) is 8.57. The second-order valence-electron chi connectivity index (χ2n) is 6.04. The van der Waals surface area contributed by atoms with Crippen molar-refractivity contribution in [2.24, 2.45) is 0 Å². The summed E-state index contributed by atoms with van der Waals surface area (Å²) in [6.45, 7) is 3.91. The maximum Gasteiger partial charge on any atom is 0.319 e. The molecule has 25 heavy (non-hydrogen) atoms. The summed E-state index contributed by atoms with van der Waals surface area (Å²) in [7, 11) is 0. The zero-order valence-electron chi connectivity index (χ0n) is 14.3. The molecule has 3 rings (SSSR count). The molecule has 1 aliphatic heterocycles. The van der Waals surface area contributed by atoms with Crippen LogP contribution in [0.1, 0.15) is 30.5 Å². The van der Waals surface area contributed by atoms with Gasteiger partial charge in [-0.2, -0.15) is 0 Å². The Bertz CT molecular complexity index is 804. The van der Waals surface area contributed by atoms with Gasteiger partial charge in [-0.25, -0.2) is 4.79 Å². The van der Waals surface area contributed by atoms with Crippen molar-refractivity contribution in [2.75, 3.05) is 17.2 Å². The number of carbonyl (C=O) groups is 2. The molecule has 0 unspecified atom stereocenters. The molecule has 0 aromatic heterocycles. The summed E-state index contributed by atoms with van der Waals surface area (Å²) in [5.74, 6) is 0.654. The molecule has 0 saturated heterocycles. The number of hydrogen-bond acceptors (Lipinski definition) is 3. The van der Waals surface area contributed by atoms with Crippen LogP contribution in [-0.2, 0) is 4.79 Å². The Kier molecular flexibility index (Phi) is 4.88. The minimum Gasteiger partial charge on any atom is -0.493 e. The molecule has 6 heteroatoms. The van der Waals surface area contributed by atoms with E-state index in [2.05, 4.69) is 16.0 Å². The van der Waals surface area contributed by atoms with Crippen molar-refractivity contribution in [1.82, 2.24) is 5.32 Å². The largest absolute Gasteiger partial charge is 0.493 e. The van der Waals surface area contributed by atoms with E-state index in [0.717, 1.165) is 23.3 Å². The molecule has 3 N–H and O–H groups in total. The average molecular weight is 339 g/mol. The third kappa shape index (κ3) is 4.09. The van der Waals surface area contributed by atoms with Gasteiger partial charge >= 0.3 is 6.03 Å². The van der Waals surface area contributed by atoms with Crippen LogP contribution in [0, 0.1) is 6.92 Å². The monoisotopic (exact) mass is 339 g/mol. The topological polar surface area (TPSA) is 79.5 Å². The lowest BCUT2D eigenvalue weighted by molar-refractivity contribution is -0.114. The number of nitrogens with one attached hydrogen (secondary N) is 3. The van der Waals surface area contributed by atoms with Crippen molar-refractivity contribution >= 4 is 23.3 Å². The number of hydrogen-bond donors (Lipinski definition) is 3. The van der Waals surface area contributed by atoms with Crippen LogP contribution in [0.15, 0.2) is 42.5 Å². The van der Waals surface area contributed by atoms with Crippen molar-refractivity contribution in [3.8, 4) is 5.75 Å². The van der Waals surface area contributed by atoms with Gasteiger partial charge in [-0.15, -0.1) is 0 Å². The Balaban J connectivity index is 1.70. The normalized spacial score (nSPS) is 15.5. The smallest absolute Gasteiger partial charge is 0.319 e. The van der Waals surface area contributed by atoms with Crippen LogP contribution in [0.3, 0.4) is 0 Å². The highest BCUT2D eigenvalue weighted by molar-refractivity contribution is 5.93. The zero-order valence-corrected chi connectivity index (χ0v) is 14.3. The summed E-state index contributed by atoms with van der Waals surface area (Å²) in [5.41, 5.74) is 3.19. The fraction of sp³-hybridized carbons (Fsp3) is 0.263. The van der Waals surface area contributed by atoms with Gasteiger partial charge in [0.25, 0.3) is 0 Å². The van der Waals surface area contributed by atoms with Gasteiger partial charge in [0.1, 0.15) is 5.75 Å². The summed E-state index contributed by atoms with van der Waals surface area (Å²) >= 11 is 0. The highest BCUT2D eigenvalue weighted by Crippen LogP contribution is 2.31. The molecular weight excluding hydrogens is 318 g/mol. The van der Waals surface area contributed by atoms with Gasteiger partial charge in [-0.1, -0.05) is 24.3 Å². The summed E-state index contributed by atoms with van der Waals surface area (Å²) in [4.78, 5) is 23.6. The number of rotatable bonds is 3. The average Bonchev–Trinajstić information content (AvgIpc) is 2.58. The summed E-state index contributed by atoms with van der Waals surface area (Å²) in [6.07, 6.45) is 0.718. The molecule has 0 spiro atoms. The number of para-hydroxylation sites is 1. The second kappa shape index (κ2) is 7.25. The van der Waals surface area contributed by atoms with Crippen molar-refractivity contribution in [3.05, 3.63) is 53.6 Å². The number of ether oxygens (including phenoxy) is 1. The number of amides is 3. The molecule has 0 fully saturated rings. The number of aryl methyl sites for hydroxylation is 1. The molecule has 0 bridgehead atoms. The molecular formula is C19H21N3O3. The van der Waals surface area contributed by atoms with Gasteiger partial charge < -0.3 is 20.7 Å². The molecule has 1 aliphatic rings. The minimum absolute atomic E-state index is 0.0937. The Labute approximate surface area is 146 Å². The van der Waals surface area contributed by atoms with Crippen LogP contribution in [-0.4, -0.2) is 18.5 Å². The first-order valence-electron chi connectivity index (χ1n) is 8.20. The van der Waals surface area contributed by atoms with Gasteiger partial charge in [-0.05, 0) is 30.7 Å². The standard InChI is InChI=1S/C19H21N3O3/c1-12-7-8-14(20-13(2)23)11-17(12)22-19(24)21-16-9-10-25-18-6-4-3-5-15(16)18/h3-8,11,16H,9-10H2,1-2H3,(H,20,23)(H2,21,22,24)/t16-/m0/s1. The van der Waals surface area contributed by atoms with Crippen LogP contribution < -0.4 is 20.7 Å². The Morgan fingerprint density at radius 3 is 2.72 bits per heavy atom. The van der Waals surface area contributed by atoms with E-state index in [0.29, 0.717) is 18.0 Å². The van der Waals surface area contributed by atoms with E-state index in [-0.39, 0.29) is 18.0 Å². The summed E-state index contributed by atoms with van der Waals surface area (Å²) < 4.78 is 5.61. The van der Waals surface area contributed by atoms with E-state index in [1.165, 1.54) is 6.92 Å². The Hall–Kier alpha value is -3.02. The lowest BCUT2D eigenvalue weighted by Crippen LogP contribution is -2.35. The highest BCUT2D eigenvalue weighted by atomic mass is 16.5. The predicted octanol–water partition coefficient (Wildman–Crippen LogP) is 3.60. The molecule has 2 aromatic carbocycles. The van der Waals surface area contributed by atoms with E-state index in [9.17, 15) is 9.59 Å². The lowest BCUT2D eigenvalue weighted by atomic mass is 10.0. The highest BCUT2D eigenvalue weighted by Gasteiger charge is 2.22. The summed E-state index contributed by atoms with van der Waals surface area (Å²) in [6, 6.07) is 12.7. The zero-order chi connectivity index (χ0) is 17.8. The Morgan fingerprint density at radius 1 is 1.12 bits per heavy atom. The fourth-order valence-electron chi connectivity index (χ4n) is 2.85. The van der Waals surface area contributed by atoms with Crippen LogP contribution in [0.5, 0.6) is 5.75 Å². The molecule has 6 nitrogen and oxygen atoms in total. The number of anilines is 2. The molecule has 2 aromatic rings. The maximum atomic E-state index is 12.4. The van der Waals surface area contributed by atoms with Crippen LogP contribution in [0.25, 0.3) is 0 Å². The van der Waals surface area contributed by atoms with Crippen molar-refractivity contribution < 1.29 is 14.3 Å². The second-order valence-corrected chi connectivity index (χ2v) is 6.04. The molecule has 130 valence electrons. The van der Waals surface area contributed by atoms with Gasteiger partial charge in [0.2, 0.25) is 5.91 Å².